The van der Waals surface area contributed by atoms with Crippen molar-refractivity contribution in [3.8, 4) is 0 Å². The van der Waals surface area contributed by atoms with Crippen LogP contribution in [0, 0.1) is 37.0 Å². The zero-order valence-electron chi connectivity index (χ0n) is 19.1. The Morgan fingerprint density at radius 2 is 1.25 bits per heavy atom. The van der Waals surface area contributed by atoms with Gasteiger partial charge in [0.15, 0.2) is 0 Å². The average molecular weight is 461 g/mol. The summed E-state index contributed by atoms with van der Waals surface area (Å²) in [6.45, 7) is 19.1. The summed E-state index contributed by atoms with van der Waals surface area (Å²) in [5.74, 6) is 5.09. The maximum atomic E-state index is 10.0. The van der Waals surface area contributed by atoms with E-state index in [1.165, 1.54) is 5.56 Å². The van der Waals surface area contributed by atoms with Gasteiger partial charge in [0.1, 0.15) is 0 Å². The molecule has 0 aromatic heterocycles. The molecule has 0 N–H and O–H groups in total. The number of halogens is 2. The fourth-order valence-electron chi connectivity index (χ4n) is 4.22. The molecule has 1 fully saturated rings. The minimum atomic E-state index is -0.556. The zero-order valence-corrected chi connectivity index (χ0v) is 22.1. The standard InChI is InChI=1S/C12H15N2.C10H20.CH3.2ClH.Ti/c1-12(2,3)14-8-9-6-4-5-7-10(9)11(14)13;1-6-7(2)9(4)10(5)8(6)3;;;;/h4-7H,8H2,1-3H3;6-10H,1-5H3;1H3;2*1H;/q-1;;-1;;;+2/p-2. The first kappa shape index (κ1) is 28.0. The van der Waals surface area contributed by atoms with Crippen LogP contribution in [-0.4, -0.2) is 16.3 Å². The molecule has 1 aromatic carbocycles. The monoisotopic (exact) mass is 460 g/mol. The van der Waals surface area contributed by atoms with E-state index in [9.17, 15) is 5.41 Å². The molecule has 1 heterocycles. The van der Waals surface area contributed by atoms with E-state index in [0.717, 1.165) is 41.7 Å². The van der Waals surface area contributed by atoms with Crippen molar-refractivity contribution >= 4 is 24.4 Å². The first-order chi connectivity index (χ1) is 12.5. The number of amidine groups is 1. The third-order valence-corrected chi connectivity index (χ3v) is 6.80. The van der Waals surface area contributed by atoms with Crippen molar-refractivity contribution in [2.24, 2.45) is 29.6 Å². The van der Waals surface area contributed by atoms with Crippen molar-refractivity contribution in [3.05, 3.63) is 48.2 Å². The molecule has 1 aliphatic heterocycles. The Kier molecular flexibility index (Phi) is 12.0. The second-order valence-corrected chi connectivity index (χ2v) is 11.7. The van der Waals surface area contributed by atoms with Crippen LogP contribution in [0.5, 0.6) is 0 Å². The average Bonchev–Trinajstić information content (AvgIpc) is 3.04. The summed E-state index contributed by atoms with van der Waals surface area (Å²) >= 11 is -0.556. The summed E-state index contributed by atoms with van der Waals surface area (Å²) in [4.78, 5) is 2.03. The fraction of sp³-hybridized carbons (Fsp3) is 0.652. The summed E-state index contributed by atoms with van der Waals surface area (Å²) in [5.41, 5.74) is 2.16. The molecule has 0 unspecified atom stereocenters. The van der Waals surface area contributed by atoms with Crippen LogP contribution in [0.2, 0.25) is 0 Å². The number of hydrogen-bond acceptors (Lipinski definition) is 0. The predicted molar refractivity (Wildman–Crippen MR) is 123 cm³/mol. The summed E-state index contributed by atoms with van der Waals surface area (Å²) < 4.78 is 0. The van der Waals surface area contributed by atoms with Gasteiger partial charge in [-0.2, -0.15) is 0 Å². The first-order valence-electron chi connectivity index (χ1n) is 9.85. The Morgan fingerprint density at radius 1 is 0.893 bits per heavy atom. The summed E-state index contributed by atoms with van der Waals surface area (Å²) in [7, 11) is 9.78. The van der Waals surface area contributed by atoms with Gasteiger partial charge in [0, 0.05) is 0 Å². The number of hydrogen-bond donors (Lipinski definition) is 0. The van der Waals surface area contributed by atoms with Crippen LogP contribution in [0.25, 0.3) is 5.41 Å². The molecular weight excluding hydrogens is 423 g/mol. The van der Waals surface area contributed by atoms with E-state index >= 15 is 0 Å². The van der Waals surface area contributed by atoms with Crippen molar-refractivity contribution in [2.45, 2.75) is 67.5 Å². The molecule has 160 valence electrons. The van der Waals surface area contributed by atoms with Gasteiger partial charge in [0.05, 0.1) is 0 Å². The normalized spacial score (nSPS) is 28.3. The Balaban J connectivity index is 0.000000461. The van der Waals surface area contributed by atoms with Crippen LogP contribution in [0.15, 0.2) is 24.3 Å². The van der Waals surface area contributed by atoms with E-state index in [1.54, 1.807) is 0 Å². The molecule has 0 bridgehead atoms. The van der Waals surface area contributed by atoms with E-state index in [-0.39, 0.29) is 13.0 Å². The SMILES string of the molecule is CC(C)(C)N1Cc2ccccc2C1=[N-].CC1C(C)C(C)C(C)C1C.[CH3-].[Cl][Ti][Cl]. The number of rotatable bonds is 0. The Hall–Kier alpha value is -0.0157. The van der Waals surface area contributed by atoms with E-state index < -0.39 is 17.0 Å². The fourth-order valence-corrected chi connectivity index (χ4v) is 4.22. The van der Waals surface area contributed by atoms with E-state index in [1.807, 2.05) is 23.1 Å². The molecular formula is C23H38Cl2N2Ti-2. The van der Waals surface area contributed by atoms with Gasteiger partial charge in [-0.3, -0.25) is 0 Å². The Bertz CT molecular complexity index is 570. The van der Waals surface area contributed by atoms with Crippen LogP contribution < -0.4 is 0 Å². The van der Waals surface area contributed by atoms with Crippen LogP contribution >= 0.6 is 18.6 Å². The number of fused-ring (bicyclic) bond motifs is 1. The summed E-state index contributed by atoms with van der Waals surface area (Å²) in [6.07, 6.45) is 0. The van der Waals surface area contributed by atoms with Crippen molar-refractivity contribution in [1.82, 2.24) is 4.90 Å². The maximum absolute atomic E-state index is 10.0. The molecule has 28 heavy (non-hydrogen) atoms. The van der Waals surface area contributed by atoms with Crippen molar-refractivity contribution in [3.63, 3.8) is 0 Å². The second kappa shape index (κ2) is 12.0. The Morgan fingerprint density at radius 3 is 1.57 bits per heavy atom. The third kappa shape index (κ3) is 6.76. The molecule has 0 amide bonds. The van der Waals surface area contributed by atoms with E-state index in [4.69, 9.17) is 18.6 Å². The van der Waals surface area contributed by atoms with Gasteiger partial charge in [-0.25, -0.2) is 0 Å². The molecule has 1 aromatic rings. The quantitative estimate of drug-likeness (QED) is 0.288. The predicted octanol–water partition coefficient (Wildman–Crippen LogP) is 7.62. The van der Waals surface area contributed by atoms with Gasteiger partial charge in [-0.05, 0) is 52.8 Å². The molecule has 0 spiro atoms. The van der Waals surface area contributed by atoms with Gasteiger partial charge in [0.25, 0.3) is 0 Å². The molecule has 0 radical (unpaired) electrons. The molecule has 2 aliphatic rings. The van der Waals surface area contributed by atoms with Crippen LogP contribution in [0.3, 0.4) is 0 Å². The van der Waals surface area contributed by atoms with Gasteiger partial charge in [0.2, 0.25) is 0 Å². The Labute approximate surface area is 191 Å². The van der Waals surface area contributed by atoms with Gasteiger partial charge < -0.3 is 17.7 Å². The molecule has 0 saturated heterocycles. The third-order valence-electron chi connectivity index (χ3n) is 6.80. The molecule has 1 saturated carbocycles. The summed E-state index contributed by atoms with van der Waals surface area (Å²) in [5, 5.41) is 10.0. The summed E-state index contributed by atoms with van der Waals surface area (Å²) in [6, 6.07) is 8.01. The molecule has 2 nitrogen and oxygen atoms in total. The number of benzene rings is 1. The van der Waals surface area contributed by atoms with Crippen LogP contribution in [0.4, 0.5) is 0 Å². The van der Waals surface area contributed by atoms with Gasteiger partial charge >= 0.3 is 35.6 Å². The second-order valence-electron chi connectivity index (χ2n) is 9.10. The van der Waals surface area contributed by atoms with Gasteiger partial charge in [-0.1, -0.05) is 85.5 Å². The molecule has 1 aliphatic carbocycles. The zero-order chi connectivity index (χ0) is 20.9. The van der Waals surface area contributed by atoms with E-state index in [0.29, 0.717) is 5.84 Å². The van der Waals surface area contributed by atoms with Crippen molar-refractivity contribution in [1.29, 1.82) is 0 Å². The van der Waals surface area contributed by atoms with Crippen LogP contribution in [0.1, 0.15) is 66.5 Å². The number of nitrogens with zero attached hydrogens (tertiary/aromatic N) is 2. The molecule has 3 rings (SSSR count). The topological polar surface area (TPSA) is 25.5 Å². The molecule has 0 atom stereocenters. The molecule has 5 heteroatoms. The van der Waals surface area contributed by atoms with Crippen molar-refractivity contribution < 1.29 is 17.0 Å². The van der Waals surface area contributed by atoms with Gasteiger partial charge in [-0.15, -0.1) is 0 Å². The minimum absolute atomic E-state index is 0. The van der Waals surface area contributed by atoms with Crippen LogP contribution in [-0.2, 0) is 23.6 Å². The van der Waals surface area contributed by atoms with E-state index in [2.05, 4.69) is 61.5 Å². The van der Waals surface area contributed by atoms with Crippen molar-refractivity contribution in [2.75, 3.05) is 0 Å². The first-order valence-corrected chi connectivity index (χ1v) is 14.1.